The highest BCUT2D eigenvalue weighted by molar-refractivity contribution is 9.10. The lowest BCUT2D eigenvalue weighted by molar-refractivity contribution is 1.25. The number of rotatable bonds is 1. The summed E-state index contributed by atoms with van der Waals surface area (Å²) in [6, 6.07) is 4.14. The predicted molar refractivity (Wildman–Crippen MR) is 64.9 cm³/mol. The van der Waals surface area contributed by atoms with Crippen molar-refractivity contribution in [2.45, 2.75) is 20.8 Å². The Morgan fingerprint density at radius 3 is 2.57 bits per heavy atom. The van der Waals surface area contributed by atoms with Crippen LogP contribution in [-0.2, 0) is 0 Å². The molecular weight excluding hydrogens is 242 g/mol. The number of nitrogens with one attached hydrogen (secondary N) is 1. The van der Waals surface area contributed by atoms with Crippen LogP contribution in [0.1, 0.15) is 19.4 Å². The SMILES string of the molecule is C#CNc1c(C)cc(Br)nc1N.CC. The summed E-state index contributed by atoms with van der Waals surface area (Å²) in [6.45, 7) is 5.91. The van der Waals surface area contributed by atoms with Gasteiger partial charge in [0.1, 0.15) is 10.4 Å². The highest BCUT2D eigenvalue weighted by Crippen LogP contribution is 2.23. The van der Waals surface area contributed by atoms with Crippen LogP contribution in [-0.4, -0.2) is 4.98 Å². The van der Waals surface area contributed by atoms with Gasteiger partial charge in [-0.05, 0) is 34.5 Å². The van der Waals surface area contributed by atoms with Gasteiger partial charge in [0, 0.05) is 6.04 Å². The molecule has 0 aromatic carbocycles. The molecule has 0 bridgehead atoms. The van der Waals surface area contributed by atoms with E-state index in [0.29, 0.717) is 16.1 Å². The fourth-order valence-corrected chi connectivity index (χ4v) is 1.43. The lowest BCUT2D eigenvalue weighted by atomic mass is 10.2. The Kier molecular flexibility index (Phi) is 5.73. The Morgan fingerprint density at radius 2 is 2.14 bits per heavy atom. The first kappa shape index (κ1) is 12.8. The smallest absolute Gasteiger partial charge is 0.149 e. The Bertz CT molecular complexity index is 319. The zero-order valence-electron chi connectivity index (χ0n) is 8.56. The summed E-state index contributed by atoms with van der Waals surface area (Å²) in [5.41, 5.74) is 7.27. The third kappa shape index (κ3) is 3.27. The van der Waals surface area contributed by atoms with Crippen LogP contribution in [0.15, 0.2) is 10.7 Å². The number of anilines is 2. The summed E-state index contributed by atoms with van der Waals surface area (Å²) in [4.78, 5) is 3.99. The Balaban J connectivity index is 0.000000791. The zero-order chi connectivity index (χ0) is 11.1. The van der Waals surface area contributed by atoms with Gasteiger partial charge in [-0.15, -0.1) is 0 Å². The maximum Gasteiger partial charge on any atom is 0.149 e. The van der Waals surface area contributed by atoms with Gasteiger partial charge >= 0.3 is 0 Å². The molecule has 0 amide bonds. The molecule has 0 fully saturated rings. The molecular formula is C10H14BrN3. The van der Waals surface area contributed by atoms with Crippen molar-refractivity contribution < 1.29 is 0 Å². The summed E-state index contributed by atoms with van der Waals surface area (Å²) < 4.78 is 0.708. The zero-order valence-corrected chi connectivity index (χ0v) is 10.1. The van der Waals surface area contributed by atoms with Crippen molar-refractivity contribution in [1.29, 1.82) is 0 Å². The number of nitrogen functional groups attached to an aromatic ring is 1. The maximum atomic E-state index is 5.61. The van der Waals surface area contributed by atoms with Gasteiger partial charge in [0.25, 0.3) is 0 Å². The molecule has 1 aromatic heterocycles. The first-order valence-corrected chi connectivity index (χ1v) is 5.08. The van der Waals surface area contributed by atoms with Crippen LogP contribution in [0.4, 0.5) is 11.5 Å². The van der Waals surface area contributed by atoms with E-state index in [9.17, 15) is 0 Å². The van der Waals surface area contributed by atoms with E-state index < -0.39 is 0 Å². The molecule has 0 atom stereocenters. The first-order chi connectivity index (χ1) is 6.65. The van der Waals surface area contributed by atoms with E-state index in [2.05, 4.69) is 32.3 Å². The molecule has 0 aliphatic rings. The normalized spacial score (nSPS) is 8.21. The van der Waals surface area contributed by atoms with Crippen LogP contribution in [0.3, 0.4) is 0 Å². The monoisotopic (exact) mass is 255 g/mol. The average Bonchev–Trinajstić information content (AvgIpc) is 2.14. The minimum Gasteiger partial charge on any atom is -0.382 e. The molecule has 3 nitrogen and oxygen atoms in total. The number of terminal acetylenes is 1. The van der Waals surface area contributed by atoms with Crippen molar-refractivity contribution in [2.24, 2.45) is 0 Å². The molecule has 14 heavy (non-hydrogen) atoms. The average molecular weight is 256 g/mol. The molecule has 76 valence electrons. The van der Waals surface area contributed by atoms with E-state index in [4.69, 9.17) is 12.2 Å². The second kappa shape index (κ2) is 6.28. The van der Waals surface area contributed by atoms with Gasteiger partial charge in [0.15, 0.2) is 0 Å². The van der Waals surface area contributed by atoms with Crippen LogP contribution in [0.2, 0.25) is 0 Å². The van der Waals surface area contributed by atoms with E-state index >= 15 is 0 Å². The largest absolute Gasteiger partial charge is 0.382 e. The summed E-state index contributed by atoms with van der Waals surface area (Å²) in [5.74, 6) is 0.403. The molecule has 0 aliphatic carbocycles. The second-order valence-electron chi connectivity index (χ2n) is 2.29. The third-order valence-electron chi connectivity index (χ3n) is 1.41. The van der Waals surface area contributed by atoms with Crippen molar-refractivity contribution in [3.63, 3.8) is 0 Å². The number of pyridine rings is 1. The number of aromatic nitrogens is 1. The fourth-order valence-electron chi connectivity index (χ4n) is 0.891. The van der Waals surface area contributed by atoms with Gasteiger partial charge in [0.05, 0.1) is 5.69 Å². The van der Waals surface area contributed by atoms with Crippen molar-refractivity contribution in [2.75, 3.05) is 11.1 Å². The number of hydrogen-bond acceptors (Lipinski definition) is 3. The topological polar surface area (TPSA) is 50.9 Å². The van der Waals surface area contributed by atoms with Crippen LogP contribution in [0, 0.1) is 19.4 Å². The van der Waals surface area contributed by atoms with E-state index in [1.165, 1.54) is 0 Å². The van der Waals surface area contributed by atoms with Gasteiger partial charge in [-0.2, -0.15) is 0 Å². The number of nitrogens with zero attached hydrogens (tertiary/aromatic N) is 1. The number of nitrogens with two attached hydrogens (primary N) is 1. The summed E-state index contributed by atoms with van der Waals surface area (Å²) in [6.07, 6.45) is 5.08. The third-order valence-corrected chi connectivity index (χ3v) is 1.82. The molecule has 3 N–H and O–H groups in total. The van der Waals surface area contributed by atoms with Crippen LogP contribution < -0.4 is 11.1 Å². The second-order valence-corrected chi connectivity index (χ2v) is 3.10. The van der Waals surface area contributed by atoms with Gasteiger partial charge in [-0.25, -0.2) is 4.98 Å². The van der Waals surface area contributed by atoms with Crippen molar-refractivity contribution in [1.82, 2.24) is 4.98 Å². The van der Waals surface area contributed by atoms with Gasteiger partial charge in [-0.1, -0.05) is 20.3 Å². The van der Waals surface area contributed by atoms with Gasteiger partial charge in [-0.3, -0.25) is 0 Å². The standard InChI is InChI=1S/C8H8BrN3.C2H6/c1-3-11-7-5(2)4-6(9)12-8(7)10;1-2/h1,4,11H,2H3,(H2,10,12);1-2H3. The van der Waals surface area contributed by atoms with E-state index in [-0.39, 0.29) is 0 Å². The van der Waals surface area contributed by atoms with Gasteiger partial charge in [0.2, 0.25) is 0 Å². The first-order valence-electron chi connectivity index (χ1n) is 4.29. The Hall–Kier alpha value is -1.21. The molecule has 1 rings (SSSR count). The lowest BCUT2D eigenvalue weighted by Crippen LogP contribution is -2.00. The molecule has 1 heterocycles. The quantitative estimate of drug-likeness (QED) is 0.461. The fraction of sp³-hybridized carbons (Fsp3) is 0.300. The van der Waals surface area contributed by atoms with E-state index in [0.717, 1.165) is 5.56 Å². The van der Waals surface area contributed by atoms with Crippen molar-refractivity contribution in [3.8, 4) is 12.5 Å². The molecule has 0 radical (unpaired) electrons. The van der Waals surface area contributed by atoms with Crippen LogP contribution >= 0.6 is 15.9 Å². The Morgan fingerprint density at radius 1 is 1.57 bits per heavy atom. The Labute approximate surface area is 93.2 Å². The van der Waals surface area contributed by atoms with Gasteiger partial charge < -0.3 is 11.1 Å². The summed E-state index contributed by atoms with van der Waals surface area (Å²) in [7, 11) is 0. The van der Waals surface area contributed by atoms with E-state index in [1.54, 1.807) is 0 Å². The summed E-state index contributed by atoms with van der Waals surface area (Å²) in [5, 5.41) is 2.69. The highest BCUT2D eigenvalue weighted by Gasteiger charge is 2.03. The van der Waals surface area contributed by atoms with Crippen LogP contribution in [0.25, 0.3) is 0 Å². The minimum absolute atomic E-state index is 0.403. The molecule has 0 unspecified atom stereocenters. The summed E-state index contributed by atoms with van der Waals surface area (Å²) >= 11 is 3.23. The lowest BCUT2D eigenvalue weighted by Gasteiger charge is -2.06. The van der Waals surface area contributed by atoms with Crippen LogP contribution in [0.5, 0.6) is 0 Å². The van der Waals surface area contributed by atoms with Crippen molar-refractivity contribution in [3.05, 3.63) is 16.2 Å². The van der Waals surface area contributed by atoms with E-state index in [1.807, 2.05) is 26.8 Å². The highest BCUT2D eigenvalue weighted by atomic mass is 79.9. The maximum absolute atomic E-state index is 5.61. The van der Waals surface area contributed by atoms with Crippen molar-refractivity contribution >= 4 is 27.4 Å². The minimum atomic E-state index is 0.403. The number of aryl methyl sites for hydroxylation is 1. The number of hydrogen-bond donors (Lipinski definition) is 2. The number of halogens is 1. The molecule has 0 saturated carbocycles. The molecule has 0 saturated heterocycles. The molecule has 1 aromatic rings. The predicted octanol–water partition coefficient (Wildman–Crippen LogP) is 2.76. The molecule has 0 aliphatic heterocycles. The molecule has 0 spiro atoms. The molecule has 4 heteroatoms.